The molecule has 0 unspecified atom stereocenters. The van der Waals surface area contributed by atoms with Crippen molar-refractivity contribution in [1.29, 1.82) is 0 Å². The second-order valence-corrected chi connectivity index (χ2v) is 15.5. The van der Waals surface area contributed by atoms with E-state index in [0.717, 1.165) is 32.1 Å². The lowest BCUT2D eigenvalue weighted by Crippen LogP contribution is -2.53. The Morgan fingerprint density at radius 3 is 2.59 bits per heavy atom. The molecule has 1 aromatic carbocycles. The van der Waals surface area contributed by atoms with Gasteiger partial charge in [0.05, 0.1) is 24.5 Å². The SMILES string of the molecule is CC(C)(C)OC(=O)N[C@H]1CCCCC/C=C\[C@@H]2C[C@@]2(C(=O)NCC2CC2)CC(=O)[C@@H]2C[C@@H](OC(=O)N3Cc4cccc(F)c4C3)CN2C1=O. The Labute approximate surface area is 287 Å². The van der Waals surface area contributed by atoms with Crippen molar-refractivity contribution in [2.45, 2.75) is 122 Å². The van der Waals surface area contributed by atoms with Crippen LogP contribution in [-0.2, 0) is 36.9 Å². The first-order chi connectivity index (χ1) is 23.3. The number of rotatable bonds is 5. The van der Waals surface area contributed by atoms with Crippen LogP contribution < -0.4 is 10.6 Å². The smallest absolute Gasteiger partial charge is 0.410 e. The van der Waals surface area contributed by atoms with Gasteiger partial charge < -0.3 is 25.0 Å². The molecular weight excluding hydrogens is 631 g/mol. The van der Waals surface area contributed by atoms with E-state index in [9.17, 15) is 28.4 Å². The van der Waals surface area contributed by atoms with Crippen molar-refractivity contribution >= 4 is 29.8 Å². The maximum Gasteiger partial charge on any atom is 0.410 e. The number of hydrogen-bond donors (Lipinski definition) is 2. The van der Waals surface area contributed by atoms with Gasteiger partial charge in [-0.1, -0.05) is 37.1 Å². The summed E-state index contributed by atoms with van der Waals surface area (Å²) in [7, 11) is 0. The third kappa shape index (κ3) is 8.27. The standard InChI is InChI=1S/C37H49FN4O7/c1-36(2,3)49-34(46)40-29-13-8-6-4-5-7-11-25-17-37(25,33(45)39-19-23-14-15-23)18-31(43)30-16-26(21-42(30)32(29)44)48-35(47)41-20-24-10-9-12-28(38)27(24)22-41/h7,9-12,23,25-26,29-30H,4-6,8,13-22H2,1-3H3,(H,39,45)(H,40,46)/b11-7-/t25-,26-,29+,30+,37-/m1/s1. The molecule has 3 heterocycles. The van der Waals surface area contributed by atoms with Crippen LogP contribution >= 0.6 is 0 Å². The number of alkyl carbamates (subject to hydrolysis) is 1. The lowest BCUT2D eigenvalue weighted by Gasteiger charge is -2.30. The van der Waals surface area contributed by atoms with Crippen LogP contribution in [0, 0.1) is 23.1 Å². The Balaban J connectivity index is 1.23. The van der Waals surface area contributed by atoms with E-state index in [1.807, 2.05) is 0 Å². The monoisotopic (exact) mass is 680 g/mol. The van der Waals surface area contributed by atoms with Gasteiger partial charge in [0.15, 0.2) is 5.78 Å². The van der Waals surface area contributed by atoms with E-state index in [0.29, 0.717) is 42.9 Å². The van der Waals surface area contributed by atoms with Crippen molar-refractivity contribution in [3.05, 3.63) is 47.3 Å². The fourth-order valence-corrected chi connectivity index (χ4v) is 7.41. The van der Waals surface area contributed by atoms with Crippen molar-refractivity contribution < 1.29 is 37.8 Å². The average molecular weight is 681 g/mol. The van der Waals surface area contributed by atoms with E-state index in [-0.39, 0.29) is 55.9 Å². The van der Waals surface area contributed by atoms with Gasteiger partial charge in [-0.3, -0.25) is 19.3 Å². The molecule has 3 fully saturated rings. The fourth-order valence-electron chi connectivity index (χ4n) is 7.41. The summed E-state index contributed by atoms with van der Waals surface area (Å²) >= 11 is 0. The molecule has 0 aromatic heterocycles. The molecule has 0 bridgehead atoms. The van der Waals surface area contributed by atoms with Gasteiger partial charge in [-0.25, -0.2) is 14.0 Å². The van der Waals surface area contributed by atoms with Crippen LogP contribution in [0.15, 0.2) is 30.4 Å². The Hall–Kier alpha value is -3.96. The lowest BCUT2D eigenvalue weighted by atomic mass is 9.90. The zero-order chi connectivity index (χ0) is 34.9. The predicted octanol–water partition coefficient (Wildman–Crippen LogP) is 5.15. The first-order valence-electron chi connectivity index (χ1n) is 17.8. The minimum atomic E-state index is -0.958. The second kappa shape index (κ2) is 14.1. The molecule has 2 aliphatic carbocycles. The van der Waals surface area contributed by atoms with Crippen molar-refractivity contribution in [1.82, 2.24) is 20.4 Å². The molecule has 49 heavy (non-hydrogen) atoms. The quantitative estimate of drug-likeness (QED) is 0.411. The third-order valence-electron chi connectivity index (χ3n) is 10.4. The topological polar surface area (TPSA) is 134 Å². The van der Waals surface area contributed by atoms with Gasteiger partial charge in [0.1, 0.15) is 23.6 Å². The minimum Gasteiger partial charge on any atom is -0.444 e. The molecule has 0 spiro atoms. The molecule has 266 valence electrons. The molecule has 6 rings (SSSR count). The number of carbonyl (C=O) groups excluding carboxylic acids is 5. The van der Waals surface area contributed by atoms with Crippen LogP contribution in [0.2, 0.25) is 0 Å². The Morgan fingerprint density at radius 1 is 1.06 bits per heavy atom. The van der Waals surface area contributed by atoms with Gasteiger partial charge in [0, 0.05) is 31.5 Å². The van der Waals surface area contributed by atoms with Crippen molar-refractivity contribution in [2.24, 2.45) is 17.3 Å². The summed E-state index contributed by atoms with van der Waals surface area (Å²) in [5, 5.41) is 5.83. The average Bonchev–Trinajstić information content (AvgIpc) is 3.89. The van der Waals surface area contributed by atoms with E-state index < -0.39 is 47.3 Å². The van der Waals surface area contributed by atoms with Gasteiger partial charge in [0.2, 0.25) is 11.8 Å². The number of ether oxygens (including phenoxy) is 2. The molecule has 5 aliphatic rings. The Morgan fingerprint density at radius 2 is 1.86 bits per heavy atom. The minimum absolute atomic E-state index is 0.0432. The normalized spacial score (nSPS) is 29.5. The molecule has 0 radical (unpaired) electrons. The number of allylic oxidation sites excluding steroid dienone is 2. The summed E-state index contributed by atoms with van der Waals surface area (Å²) in [5.41, 5.74) is -0.516. The fraction of sp³-hybridized carbons (Fsp3) is 0.649. The maximum atomic E-state index is 14.4. The zero-order valence-corrected chi connectivity index (χ0v) is 28.8. The van der Waals surface area contributed by atoms with Crippen molar-refractivity contribution in [2.75, 3.05) is 13.1 Å². The number of ketones is 1. The summed E-state index contributed by atoms with van der Waals surface area (Å²) in [4.78, 5) is 71.2. The molecule has 5 atom stereocenters. The molecule has 1 saturated heterocycles. The predicted molar refractivity (Wildman–Crippen MR) is 177 cm³/mol. The highest BCUT2D eigenvalue weighted by atomic mass is 19.1. The lowest BCUT2D eigenvalue weighted by molar-refractivity contribution is -0.140. The van der Waals surface area contributed by atoms with Crippen LogP contribution in [-0.4, -0.2) is 76.5 Å². The Kier molecular flexibility index (Phi) is 10.0. The number of halogens is 1. The van der Waals surface area contributed by atoms with E-state index >= 15 is 0 Å². The first kappa shape index (κ1) is 34.9. The maximum absolute atomic E-state index is 14.4. The van der Waals surface area contributed by atoms with E-state index in [1.54, 1.807) is 32.9 Å². The van der Waals surface area contributed by atoms with E-state index in [4.69, 9.17) is 9.47 Å². The van der Waals surface area contributed by atoms with Crippen LogP contribution in [0.1, 0.15) is 96.1 Å². The number of nitrogens with one attached hydrogen (secondary N) is 2. The van der Waals surface area contributed by atoms with Crippen LogP contribution in [0.25, 0.3) is 0 Å². The summed E-state index contributed by atoms with van der Waals surface area (Å²) in [5.74, 6) is -0.826. The third-order valence-corrected chi connectivity index (χ3v) is 10.4. The summed E-state index contributed by atoms with van der Waals surface area (Å²) < 4.78 is 25.8. The van der Waals surface area contributed by atoms with Gasteiger partial charge in [-0.2, -0.15) is 0 Å². The summed E-state index contributed by atoms with van der Waals surface area (Å²) in [6.45, 7) is 6.02. The van der Waals surface area contributed by atoms with Crippen LogP contribution in [0.4, 0.5) is 14.0 Å². The van der Waals surface area contributed by atoms with Gasteiger partial charge in [0.25, 0.3) is 0 Å². The first-order valence-corrected chi connectivity index (χ1v) is 17.8. The number of nitrogens with zero attached hydrogens (tertiary/aromatic N) is 2. The second-order valence-electron chi connectivity index (χ2n) is 15.5. The highest BCUT2D eigenvalue weighted by molar-refractivity contribution is 5.97. The van der Waals surface area contributed by atoms with Crippen molar-refractivity contribution in [3.63, 3.8) is 0 Å². The Bertz CT molecular complexity index is 1500. The number of carbonyl (C=O) groups is 5. The van der Waals surface area contributed by atoms with Gasteiger partial charge >= 0.3 is 12.2 Å². The highest BCUT2D eigenvalue weighted by Gasteiger charge is 2.60. The molecule has 3 aliphatic heterocycles. The van der Waals surface area contributed by atoms with Crippen molar-refractivity contribution in [3.8, 4) is 0 Å². The number of hydrogen-bond acceptors (Lipinski definition) is 7. The molecule has 4 amide bonds. The van der Waals surface area contributed by atoms with Gasteiger partial charge in [-0.15, -0.1) is 0 Å². The molecule has 11 nitrogen and oxygen atoms in total. The number of amides is 4. The van der Waals surface area contributed by atoms with Crippen LogP contribution in [0.5, 0.6) is 0 Å². The molecule has 2 N–H and O–H groups in total. The summed E-state index contributed by atoms with van der Waals surface area (Å²) in [6.07, 6.45) is 8.23. The molecule has 2 saturated carbocycles. The van der Waals surface area contributed by atoms with E-state index in [1.165, 1.54) is 15.9 Å². The molecule has 1 aromatic rings. The molecular formula is C37H49FN4O7. The van der Waals surface area contributed by atoms with E-state index in [2.05, 4.69) is 22.8 Å². The largest absolute Gasteiger partial charge is 0.444 e. The van der Waals surface area contributed by atoms with Crippen LogP contribution in [0.3, 0.4) is 0 Å². The highest BCUT2D eigenvalue weighted by Crippen LogP contribution is 2.57. The molecule has 12 heteroatoms. The number of fused-ring (bicyclic) bond motifs is 3. The number of Topliss-reactive ketones (excluding diaryl/α,β-unsaturated/α-hetero) is 1. The summed E-state index contributed by atoms with van der Waals surface area (Å²) in [6, 6.07) is 2.81. The number of benzene rings is 1. The van der Waals surface area contributed by atoms with Gasteiger partial charge in [-0.05, 0) is 82.8 Å². The zero-order valence-electron chi connectivity index (χ0n) is 28.8.